The van der Waals surface area contributed by atoms with E-state index in [4.69, 9.17) is 0 Å². The highest BCUT2D eigenvalue weighted by molar-refractivity contribution is 7.80. The second-order valence-electron chi connectivity index (χ2n) is 1.81. The summed E-state index contributed by atoms with van der Waals surface area (Å²) in [6, 6.07) is 7.51. The fourth-order valence-corrected chi connectivity index (χ4v) is 0.976. The van der Waals surface area contributed by atoms with Crippen molar-refractivity contribution in [3.05, 3.63) is 30.3 Å². The highest BCUT2D eigenvalue weighted by Crippen LogP contribution is 2.09. The Hall–Kier alpha value is -0.900. The number of benzene rings is 1. The Labute approximate surface area is 66.7 Å². The van der Waals surface area contributed by atoms with Gasteiger partial charge in [-0.2, -0.15) is 0 Å². The van der Waals surface area contributed by atoms with Gasteiger partial charge in [0.2, 0.25) is 17.1 Å². The van der Waals surface area contributed by atoms with Crippen LogP contribution in [0.2, 0.25) is 0 Å². The van der Waals surface area contributed by atoms with E-state index < -0.39 is 17.1 Å². The summed E-state index contributed by atoms with van der Waals surface area (Å²) in [5, 5.41) is 0. The Morgan fingerprint density at radius 1 is 1.36 bits per heavy atom. The van der Waals surface area contributed by atoms with Gasteiger partial charge in [0, 0.05) is 0 Å². The van der Waals surface area contributed by atoms with E-state index in [1.165, 1.54) is 0 Å². The average molecular weight is 174 g/mol. The summed E-state index contributed by atoms with van der Waals surface area (Å²) in [7, 11) is 0. The van der Waals surface area contributed by atoms with Crippen LogP contribution in [-0.2, 0) is 11.1 Å². The summed E-state index contributed by atoms with van der Waals surface area (Å²) in [5.41, 5.74) is 0. The second kappa shape index (κ2) is 4.08. The molecule has 0 saturated carbocycles. The molecule has 60 valence electrons. The van der Waals surface area contributed by atoms with E-state index in [0.29, 0.717) is 5.75 Å². The van der Waals surface area contributed by atoms with Gasteiger partial charge in [0.05, 0.1) is 0 Å². The molecule has 0 aliphatic heterocycles. The molecule has 0 radical (unpaired) electrons. The van der Waals surface area contributed by atoms with Crippen LogP contribution < -0.4 is 4.18 Å². The molecule has 0 spiro atoms. The highest BCUT2D eigenvalue weighted by atomic mass is 32.2. The molecule has 0 bridgehead atoms. The van der Waals surface area contributed by atoms with Gasteiger partial charge in [-0.1, -0.05) is 18.2 Å². The predicted octanol–water partition coefficient (Wildman–Crippen LogP) is 1.66. The lowest BCUT2D eigenvalue weighted by molar-refractivity contribution is 0.513. The van der Waals surface area contributed by atoms with E-state index in [9.17, 15) is 8.60 Å². The topological polar surface area (TPSA) is 26.3 Å². The first-order valence-electron chi connectivity index (χ1n) is 3.00. The monoisotopic (exact) mass is 174 g/mol. The highest BCUT2D eigenvalue weighted by Gasteiger charge is 1.98. The van der Waals surface area contributed by atoms with E-state index >= 15 is 0 Å². The first kappa shape index (κ1) is 8.20. The summed E-state index contributed by atoms with van der Waals surface area (Å²) in [6.07, 6.45) is 0. The van der Waals surface area contributed by atoms with Crippen molar-refractivity contribution in [3.63, 3.8) is 0 Å². The molecule has 0 aliphatic rings. The number of hydrogen-bond donors (Lipinski definition) is 0. The fourth-order valence-electron chi connectivity index (χ4n) is 0.606. The molecule has 1 unspecified atom stereocenters. The Kier molecular flexibility index (Phi) is 3.04. The lowest BCUT2D eigenvalue weighted by atomic mass is 10.3. The molecule has 1 rings (SSSR count). The third kappa shape index (κ3) is 2.67. The zero-order chi connectivity index (χ0) is 8.10. The van der Waals surface area contributed by atoms with E-state index in [2.05, 4.69) is 4.18 Å². The van der Waals surface area contributed by atoms with Crippen LogP contribution in [-0.4, -0.2) is 10.2 Å². The van der Waals surface area contributed by atoms with Crippen molar-refractivity contribution < 1.29 is 12.8 Å². The Morgan fingerprint density at radius 3 is 2.55 bits per heavy atom. The number of alkyl halides is 1. The van der Waals surface area contributed by atoms with Gasteiger partial charge in [-0.15, -0.1) is 0 Å². The average Bonchev–Trinajstić information content (AvgIpc) is 2.06. The molecule has 2 nitrogen and oxygen atoms in total. The minimum absolute atomic E-state index is 0.420. The fraction of sp³-hybridized carbons (Fsp3) is 0.143. The first-order chi connectivity index (χ1) is 5.33. The van der Waals surface area contributed by atoms with Crippen molar-refractivity contribution in [2.45, 2.75) is 0 Å². The lowest BCUT2D eigenvalue weighted by Crippen LogP contribution is -2.00. The van der Waals surface area contributed by atoms with Crippen LogP contribution in [0.25, 0.3) is 0 Å². The number of hydrogen-bond acceptors (Lipinski definition) is 2. The molecule has 1 atom stereocenters. The maximum absolute atomic E-state index is 11.6. The molecule has 4 heteroatoms. The van der Waals surface area contributed by atoms with Gasteiger partial charge < -0.3 is 4.18 Å². The van der Waals surface area contributed by atoms with E-state index in [0.717, 1.165) is 0 Å². The van der Waals surface area contributed by atoms with Gasteiger partial charge in [0.25, 0.3) is 0 Å². The predicted molar refractivity (Wildman–Crippen MR) is 41.2 cm³/mol. The summed E-state index contributed by atoms with van der Waals surface area (Å²) >= 11 is -1.84. The Bertz CT molecular complexity index is 237. The minimum Gasteiger partial charge on any atom is -0.399 e. The van der Waals surface area contributed by atoms with Crippen LogP contribution >= 0.6 is 0 Å². The van der Waals surface area contributed by atoms with E-state index in [1.807, 2.05) is 0 Å². The van der Waals surface area contributed by atoms with Crippen molar-refractivity contribution in [1.29, 1.82) is 0 Å². The van der Waals surface area contributed by atoms with Gasteiger partial charge in [-0.3, -0.25) is 0 Å². The van der Waals surface area contributed by atoms with Gasteiger partial charge >= 0.3 is 0 Å². The molecular weight excluding hydrogens is 167 g/mol. The largest absolute Gasteiger partial charge is 0.399 e. The third-order valence-electron chi connectivity index (χ3n) is 1.02. The maximum atomic E-state index is 11.6. The van der Waals surface area contributed by atoms with Crippen LogP contribution in [0.1, 0.15) is 0 Å². The summed E-state index contributed by atoms with van der Waals surface area (Å²) in [6.45, 7) is 0. The molecule has 0 heterocycles. The SMILES string of the molecule is O=S(CF)Oc1ccccc1. The van der Waals surface area contributed by atoms with Crippen LogP contribution in [0.4, 0.5) is 4.39 Å². The van der Waals surface area contributed by atoms with Crippen LogP contribution in [0, 0.1) is 0 Å². The Balaban J connectivity index is 2.58. The van der Waals surface area contributed by atoms with Crippen LogP contribution in [0.15, 0.2) is 30.3 Å². The Morgan fingerprint density at radius 2 is 2.00 bits per heavy atom. The number of halogens is 1. The molecule has 1 aromatic carbocycles. The van der Waals surface area contributed by atoms with Crippen molar-refractivity contribution in [2.24, 2.45) is 0 Å². The van der Waals surface area contributed by atoms with Gasteiger partial charge in [-0.25, -0.2) is 8.60 Å². The summed E-state index contributed by atoms with van der Waals surface area (Å²) < 4.78 is 26.8. The molecule has 0 saturated heterocycles. The molecule has 0 amide bonds. The van der Waals surface area contributed by atoms with Gasteiger partial charge in [-0.05, 0) is 12.1 Å². The minimum atomic E-state index is -1.84. The number of rotatable bonds is 3. The normalized spacial score (nSPS) is 12.5. The van der Waals surface area contributed by atoms with Crippen molar-refractivity contribution >= 4 is 11.1 Å². The first-order valence-corrected chi connectivity index (χ1v) is 4.25. The molecule has 11 heavy (non-hydrogen) atoms. The smallest absolute Gasteiger partial charge is 0.238 e. The van der Waals surface area contributed by atoms with Gasteiger partial charge in [0.1, 0.15) is 5.75 Å². The van der Waals surface area contributed by atoms with E-state index in [-0.39, 0.29) is 0 Å². The number of para-hydroxylation sites is 1. The lowest BCUT2D eigenvalue weighted by Gasteiger charge is -1.99. The second-order valence-corrected chi connectivity index (χ2v) is 2.80. The van der Waals surface area contributed by atoms with E-state index in [1.54, 1.807) is 30.3 Å². The quantitative estimate of drug-likeness (QED) is 0.696. The zero-order valence-electron chi connectivity index (χ0n) is 5.70. The van der Waals surface area contributed by atoms with Crippen molar-refractivity contribution in [1.82, 2.24) is 0 Å². The van der Waals surface area contributed by atoms with Crippen molar-refractivity contribution in [2.75, 3.05) is 6.01 Å². The molecule has 1 aromatic rings. The maximum Gasteiger partial charge on any atom is 0.238 e. The molecule has 0 N–H and O–H groups in total. The standard InChI is InChI=1S/C7H7FO2S/c8-6-11(9)10-7-4-2-1-3-5-7/h1-5H,6H2. The molecule has 0 aliphatic carbocycles. The van der Waals surface area contributed by atoms with Crippen molar-refractivity contribution in [3.8, 4) is 5.75 Å². The van der Waals surface area contributed by atoms with Crippen LogP contribution in [0.5, 0.6) is 5.75 Å². The molecule has 0 aromatic heterocycles. The zero-order valence-corrected chi connectivity index (χ0v) is 6.51. The summed E-state index contributed by atoms with van der Waals surface area (Å²) in [5.74, 6) is 0.420. The summed E-state index contributed by atoms with van der Waals surface area (Å²) in [4.78, 5) is 0. The van der Waals surface area contributed by atoms with Crippen LogP contribution in [0.3, 0.4) is 0 Å². The third-order valence-corrected chi connectivity index (χ3v) is 1.58. The molecular formula is C7H7FO2S. The van der Waals surface area contributed by atoms with Gasteiger partial charge in [0.15, 0.2) is 0 Å². The molecule has 0 fully saturated rings.